The third-order valence-corrected chi connectivity index (χ3v) is 5.79. The van der Waals surface area contributed by atoms with Crippen LogP contribution in [0, 0.1) is 6.92 Å². The fourth-order valence-corrected chi connectivity index (χ4v) is 4.22. The number of rotatable bonds is 5. The lowest BCUT2D eigenvalue weighted by molar-refractivity contribution is 0.0794. The van der Waals surface area contributed by atoms with Gasteiger partial charge >= 0.3 is 0 Å². The van der Waals surface area contributed by atoms with E-state index in [0.717, 1.165) is 22.6 Å². The van der Waals surface area contributed by atoms with E-state index in [4.69, 9.17) is 0 Å². The van der Waals surface area contributed by atoms with Crippen LogP contribution in [0.1, 0.15) is 57.5 Å². The number of amides is 2. The minimum absolute atomic E-state index is 0.0128. The van der Waals surface area contributed by atoms with E-state index in [1.54, 1.807) is 6.20 Å². The van der Waals surface area contributed by atoms with Crippen LogP contribution in [0.25, 0.3) is 0 Å². The van der Waals surface area contributed by atoms with E-state index in [9.17, 15) is 9.59 Å². The van der Waals surface area contributed by atoms with Gasteiger partial charge in [-0.2, -0.15) is 0 Å². The Hall–Kier alpha value is -2.48. The van der Waals surface area contributed by atoms with Crippen LogP contribution in [-0.4, -0.2) is 59.9 Å². The summed E-state index contributed by atoms with van der Waals surface area (Å²) in [6.07, 6.45) is 2.38. The van der Waals surface area contributed by atoms with Gasteiger partial charge in [0.15, 0.2) is 0 Å². The van der Waals surface area contributed by atoms with Crippen molar-refractivity contribution in [3.05, 3.63) is 39.3 Å². The fourth-order valence-electron chi connectivity index (χ4n) is 3.33. The first kappa shape index (κ1) is 20.3. The highest BCUT2D eigenvalue weighted by molar-refractivity contribution is 7.12. The van der Waals surface area contributed by atoms with E-state index >= 15 is 0 Å². The first-order valence-corrected chi connectivity index (χ1v) is 10.3. The summed E-state index contributed by atoms with van der Waals surface area (Å²) in [6, 6.07) is 1.99. The molecule has 1 N–H and O–H groups in total. The molecule has 0 aromatic carbocycles. The molecule has 1 aliphatic rings. The van der Waals surface area contributed by atoms with Crippen LogP contribution < -0.4 is 10.2 Å². The highest BCUT2D eigenvalue weighted by Crippen LogP contribution is 2.31. The predicted octanol–water partition coefficient (Wildman–Crippen LogP) is 2.68. The number of aryl methyl sites for hydroxylation is 1. The van der Waals surface area contributed by atoms with Crippen molar-refractivity contribution in [3.63, 3.8) is 0 Å². The van der Waals surface area contributed by atoms with Crippen LogP contribution in [0.5, 0.6) is 0 Å². The normalized spacial score (nSPS) is 16.5. The third kappa shape index (κ3) is 4.16. The summed E-state index contributed by atoms with van der Waals surface area (Å²) in [5.74, 6) is 0.466. The summed E-state index contributed by atoms with van der Waals surface area (Å²) in [4.78, 5) is 39.0. The molecule has 8 heteroatoms. The molecule has 1 fully saturated rings. The number of likely N-dealkylation sites (tertiary alicyclic amines) is 1. The first-order chi connectivity index (χ1) is 13.3. The number of hydrogen-bond acceptors (Lipinski definition) is 6. The fraction of sp³-hybridized carbons (Fsp3) is 0.500. The molecule has 0 spiro atoms. The van der Waals surface area contributed by atoms with Crippen molar-refractivity contribution < 1.29 is 9.59 Å². The van der Waals surface area contributed by atoms with E-state index in [1.807, 2.05) is 56.1 Å². The second kappa shape index (κ2) is 8.26. The zero-order chi connectivity index (χ0) is 20.4. The van der Waals surface area contributed by atoms with E-state index in [1.165, 1.54) is 11.3 Å². The summed E-state index contributed by atoms with van der Waals surface area (Å²) in [7, 11) is 3.74. The molecule has 1 aliphatic heterocycles. The van der Waals surface area contributed by atoms with Gasteiger partial charge in [-0.3, -0.25) is 9.59 Å². The standard InChI is InChI=1S/C20H27N5O2S/c1-12(2)22-18(26)15-10-21-20(24(4)5)23-16(15)14-6-8-25(11-14)19(27)17-13(3)7-9-28-17/h7,9-10,12,14H,6,8,11H2,1-5H3,(H,22,26). The lowest BCUT2D eigenvalue weighted by Crippen LogP contribution is -2.32. The topological polar surface area (TPSA) is 78.4 Å². The molecule has 0 aliphatic carbocycles. The molecule has 3 heterocycles. The maximum absolute atomic E-state index is 12.9. The van der Waals surface area contributed by atoms with Crippen molar-refractivity contribution in [2.75, 3.05) is 32.1 Å². The van der Waals surface area contributed by atoms with Gasteiger partial charge < -0.3 is 15.1 Å². The molecular formula is C20H27N5O2S. The number of thiophene rings is 1. The molecule has 2 amide bonds. The average Bonchev–Trinajstić information content (AvgIpc) is 3.29. The van der Waals surface area contributed by atoms with Gasteiger partial charge in [0.2, 0.25) is 5.95 Å². The molecule has 2 aromatic heterocycles. The van der Waals surface area contributed by atoms with Gasteiger partial charge in [-0.25, -0.2) is 9.97 Å². The highest BCUT2D eigenvalue weighted by atomic mass is 32.1. The molecule has 7 nitrogen and oxygen atoms in total. The van der Waals surface area contributed by atoms with Crippen molar-refractivity contribution in [2.45, 2.75) is 39.2 Å². The minimum atomic E-state index is -0.172. The Morgan fingerprint density at radius 3 is 2.71 bits per heavy atom. The van der Waals surface area contributed by atoms with Crippen LogP contribution in [0.15, 0.2) is 17.6 Å². The zero-order valence-electron chi connectivity index (χ0n) is 17.0. The van der Waals surface area contributed by atoms with Crippen molar-refractivity contribution in [1.29, 1.82) is 0 Å². The zero-order valence-corrected chi connectivity index (χ0v) is 17.8. The lowest BCUT2D eigenvalue weighted by Gasteiger charge is -2.19. The molecule has 1 unspecified atom stereocenters. The molecule has 28 heavy (non-hydrogen) atoms. The number of carbonyl (C=O) groups is 2. The summed E-state index contributed by atoms with van der Waals surface area (Å²) in [5.41, 5.74) is 2.22. The van der Waals surface area contributed by atoms with E-state index in [0.29, 0.717) is 24.6 Å². The average molecular weight is 402 g/mol. The summed E-state index contributed by atoms with van der Waals surface area (Å²) >= 11 is 1.48. The number of anilines is 1. The van der Waals surface area contributed by atoms with Crippen LogP contribution >= 0.6 is 11.3 Å². The Kier molecular flexibility index (Phi) is 5.98. The quantitative estimate of drug-likeness (QED) is 0.833. The second-order valence-electron chi connectivity index (χ2n) is 7.66. The molecule has 1 saturated heterocycles. The Balaban J connectivity index is 1.87. The van der Waals surface area contributed by atoms with Gasteiger partial charge in [0.05, 0.1) is 16.1 Å². The molecular weight excluding hydrogens is 374 g/mol. The van der Waals surface area contributed by atoms with Crippen molar-refractivity contribution in [2.24, 2.45) is 0 Å². The van der Waals surface area contributed by atoms with Crippen LogP contribution in [-0.2, 0) is 0 Å². The first-order valence-electron chi connectivity index (χ1n) is 9.46. The number of carbonyl (C=O) groups excluding carboxylic acids is 2. The van der Waals surface area contributed by atoms with Crippen LogP contribution in [0.4, 0.5) is 5.95 Å². The monoisotopic (exact) mass is 401 g/mol. The molecule has 150 valence electrons. The van der Waals surface area contributed by atoms with Crippen molar-refractivity contribution in [3.8, 4) is 0 Å². The Bertz CT molecular complexity index is 877. The maximum atomic E-state index is 12.9. The van der Waals surface area contributed by atoms with Crippen molar-refractivity contribution in [1.82, 2.24) is 20.2 Å². The van der Waals surface area contributed by atoms with Crippen LogP contribution in [0.2, 0.25) is 0 Å². The van der Waals surface area contributed by atoms with Gasteiger partial charge in [-0.05, 0) is 44.2 Å². The number of hydrogen-bond donors (Lipinski definition) is 1. The molecule has 0 saturated carbocycles. The third-order valence-electron chi connectivity index (χ3n) is 4.79. The van der Waals surface area contributed by atoms with Crippen molar-refractivity contribution >= 4 is 29.1 Å². The van der Waals surface area contributed by atoms with Gasteiger partial charge in [0.1, 0.15) is 0 Å². The summed E-state index contributed by atoms with van der Waals surface area (Å²) < 4.78 is 0. The molecule has 1 atom stereocenters. The minimum Gasteiger partial charge on any atom is -0.350 e. The smallest absolute Gasteiger partial charge is 0.264 e. The Morgan fingerprint density at radius 1 is 1.36 bits per heavy atom. The Labute approximate surface area is 169 Å². The highest BCUT2D eigenvalue weighted by Gasteiger charge is 2.33. The van der Waals surface area contributed by atoms with Gasteiger partial charge in [-0.15, -0.1) is 11.3 Å². The maximum Gasteiger partial charge on any atom is 0.264 e. The van der Waals surface area contributed by atoms with E-state index in [-0.39, 0.29) is 23.8 Å². The van der Waals surface area contributed by atoms with Gasteiger partial charge in [0.25, 0.3) is 11.8 Å². The molecule has 3 rings (SSSR count). The second-order valence-corrected chi connectivity index (χ2v) is 8.58. The lowest BCUT2D eigenvalue weighted by atomic mass is 9.99. The van der Waals surface area contributed by atoms with Gasteiger partial charge in [0, 0.05) is 45.3 Å². The largest absolute Gasteiger partial charge is 0.350 e. The SMILES string of the molecule is Cc1ccsc1C(=O)N1CCC(c2nc(N(C)C)ncc2C(=O)NC(C)C)C1. The molecule has 0 bridgehead atoms. The Morgan fingerprint density at radius 2 is 2.11 bits per heavy atom. The summed E-state index contributed by atoms with van der Waals surface area (Å²) in [6.45, 7) is 7.02. The number of nitrogens with one attached hydrogen (secondary N) is 1. The predicted molar refractivity (Wildman–Crippen MR) is 111 cm³/mol. The number of aromatic nitrogens is 2. The molecule has 2 aromatic rings. The summed E-state index contributed by atoms with van der Waals surface area (Å²) in [5, 5.41) is 4.87. The van der Waals surface area contributed by atoms with E-state index < -0.39 is 0 Å². The van der Waals surface area contributed by atoms with E-state index in [2.05, 4.69) is 15.3 Å². The number of nitrogens with zero attached hydrogens (tertiary/aromatic N) is 4. The van der Waals surface area contributed by atoms with Crippen LogP contribution in [0.3, 0.4) is 0 Å². The van der Waals surface area contributed by atoms with Gasteiger partial charge in [-0.1, -0.05) is 0 Å². The molecule has 0 radical (unpaired) electrons.